The van der Waals surface area contributed by atoms with Crippen LogP contribution in [0.4, 0.5) is 11.6 Å². The van der Waals surface area contributed by atoms with Gasteiger partial charge in [0.25, 0.3) is 0 Å². The van der Waals surface area contributed by atoms with Crippen LogP contribution in [0.15, 0.2) is 30.6 Å². The molecular formula is C12H11ClN4. The minimum atomic E-state index is 0.234. The number of hydrogen-bond acceptors (Lipinski definition) is 4. The number of para-hydroxylation sites is 1. The second-order valence-corrected chi connectivity index (χ2v) is 4.28. The topological polar surface area (TPSA) is 41.9 Å². The third-order valence-corrected chi connectivity index (χ3v) is 3.06. The highest BCUT2D eigenvalue weighted by atomic mass is 35.5. The van der Waals surface area contributed by atoms with Gasteiger partial charge in [-0.05, 0) is 36.1 Å². The Labute approximate surface area is 104 Å². The van der Waals surface area contributed by atoms with Gasteiger partial charge in [-0.2, -0.15) is 4.98 Å². The lowest BCUT2D eigenvalue weighted by atomic mass is 10.0. The molecule has 4 nitrogen and oxygen atoms in total. The summed E-state index contributed by atoms with van der Waals surface area (Å²) >= 11 is 5.80. The first-order valence-corrected chi connectivity index (χ1v) is 5.92. The van der Waals surface area contributed by atoms with E-state index in [1.807, 2.05) is 6.07 Å². The zero-order valence-corrected chi connectivity index (χ0v) is 9.93. The summed E-state index contributed by atoms with van der Waals surface area (Å²) in [6.45, 7) is 0.914. The predicted molar refractivity (Wildman–Crippen MR) is 66.6 cm³/mol. The number of aryl methyl sites for hydroxylation is 1. The van der Waals surface area contributed by atoms with Crippen LogP contribution in [0.2, 0.25) is 5.28 Å². The van der Waals surface area contributed by atoms with E-state index >= 15 is 0 Å². The molecule has 0 saturated heterocycles. The standard InChI is InChI=1S/C12H11ClN4/c13-11-14-8-15-12(16-11)17-7-3-5-9-4-1-2-6-10(9)17/h1-2,4,6,8H,3,5,7H2. The van der Waals surface area contributed by atoms with Gasteiger partial charge in [-0.25, -0.2) is 9.97 Å². The lowest BCUT2D eigenvalue weighted by Crippen LogP contribution is -2.26. The number of hydrogen-bond donors (Lipinski definition) is 0. The number of halogens is 1. The van der Waals surface area contributed by atoms with E-state index in [-0.39, 0.29) is 5.28 Å². The Balaban J connectivity index is 2.06. The number of nitrogens with zero attached hydrogens (tertiary/aromatic N) is 4. The minimum absolute atomic E-state index is 0.234. The van der Waals surface area contributed by atoms with Crippen LogP contribution in [0.3, 0.4) is 0 Å². The first-order chi connectivity index (χ1) is 8.34. The Morgan fingerprint density at radius 1 is 1.18 bits per heavy atom. The highest BCUT2D eigenvalue weighted by Crippen LogP contribution is 2.31. The summed E-state index contributed by atoms with van der Waals surface area (Å²) in [5.41, 5.74) is 2.50. The highest BCUT2D eigenvalue weighted by molar-refractivity contribution is 6.28. The van der Waals surface area contributed by atoms with Crippen molar-refractivity contribution < 1.29 is 0 Å². The molecule has 0 radical (unpaired) electrons. The molecule has 1 aromatic carbocycles. The fourth-order valence-corrected chi connectivity index (χ4v) is 2.26. The van der Waals surface area contributed by atoms with Crippen molar-refractivity contribution in [2.24, 2.45) is 0 Å². The molecule has 2 aromatic rings. The van der Waals surface area contributed by atoms with Crippen molar-refractivity contribution >= 4 is 23.2 Å². The molecule has 0 aliphatic carbocycles. The fourth-order valence-electron chi connectivity index (χ4n) is 2.14. The van der Waals surface area contributed by atoms with Crippen molar-refractivity contribution in [3.8, 4) is 0 Å². The van der Waals surface area contributed by atoms with Crippen molar-refractivity contribution in [1.29, 1.82) is 0 Å². The van der Waals surface area contributed by atoms with Crippen molar-refractivity contribution in [3.63, 3.8) is 0 Å². The van der Waals surface area contributed by atoms with Crippen LogP contribution in [0.25, 0.3) is 0 Å². The molecule has 0 saturated carbocycles. The van der Waals surface area contributed by atoms with Crippen LogP contribution in [0.1, 0.15) is 12.0 Å². The number of rotatable bonds is 1. The van der Waals surface area contributed by atoms with Gasteiger partial charge in [0.1, 0.15) is 6.33 Å². The third kappa shape index (κ3) is 1.96. The SMILES string of the molecule is Clc1ncnc(N2CCCc3ccccc32)n1. The molecule has 5 heteroatoms. The second-order valence-electron chi connectivity index (χ2n) is 3.94. The lowest BCUT2D eigenvalue weighted by Gasteiger charge is -2.29. The quantitative estimate of drug-likeness (QED) is 0.776. The monoisotopic (exact) mass is 246 g/mol. The molecule has 0 fully saturated rings. The Hall–Kier alpha value is -1.68. The van der Waals surface area contributed by atoms with Gasteiger partial charge in [-0.1, -0.05) is 18.2 Å². The predicted octanol–water partition coefficient (Wildman–Crippen LogP) is 2.61. The maximum Gasteiger partial charge on any atom is 0.234 e. The van der Waals surface area contributed by atoms with Gasteiger partial charge in [0.15, 0.2) is 0 Å². The van der Waals surface area contributed by atoms with Gasteiger partial charge < -0.3 is 4.90 Å². The zero-order chi connectivity index (χ0) is 11.7. The Kier molecular flexibility index (Phi) is 2.65. The first-order valence-electron chi connectivity index (χ1n) is 5.54. The Bertz CT molecular complexity index is 544. The lowest BCUT2D eigenvalue weighted by molar-refractivity contribution is 0.747. The van der Waals surface area contributed by atoms with Gasteiger partial charge in [0.2, 0.25) is 11.2 Å². The molecule has 0 bridgehead atoms. The van der Waals surface area contributed by atoms with E-state index in [1.54, 1.807) is 0 Å². The molecule has 3 rings (SSSR count). The van der Waals surface area contributed by atoms with Crippen molar-refractivity contribution in [2.75, 3.05) is 11.4 Å². The summed E-state index contributed by atoms with van der Waals surface area (Å²) in [7, 11) is 0. The summed E-state index contributed by atoms with van der Waals surface area (Å²) < 4.78 is 0. The van der Waals surface area contributed by atoms with Crippen LogP contribution >= 0.6 is 11.6 Å². The fraction of sp³-hybridized carbons (Fsp3) is 0.250. The molecule has 0 amide bonds. The summed E-state index contributed by atoms with van der Waals surface area (Å²) in [5, 5.41) is 0.234. The van der Waals surface area contributed by atoms with Crippen molar-refractivity contribution in [1.82, 2.24) is 15.0 Å². The molecule has 17 heavy (non-hydrogen) atoms. The highest BCUT2D eigenvalue weighted by Gasteiger charge is 2.19. The number of anilines is 2. The van der Waals surface area contributed by atoms with Crippen LogP contribution in [-0.4, -0.2) is 21.5 Å². The van der Waals surface area contributed by atoms with Gasteiger partial charge in [0.05, 0.1) is 0 Å². The van der Waals surface area contributed by atoms with E-state index in [2.05, 4.69) is 38.1 Å². The zero-order valence-electron chi connectivity index (χ0n) is 9.17. The summed E-state index contributed by atoms with van der Waals surface area (Å²) in [6.07, 6.45) is 3.65. The molecule has 0 unspecified atom stereocenters. The largest absolute Gasteiger partial charge is 0.310 e. The average Bonchev–Trinajstić information content (AvgIpc) is 2.38. The summed E-state index contributed by atoms with van der Waals surface area (Å²) in [4.78, 5) is 14.2. The summed E-state index contributed by atoms with van der Waals surface area (Å²) in [6, 6.07) is 8.32. The first kappa shape index (κ1) is 10.5. The minimum Gasteiger partial charge on any atom is -0.310 e. The number of benzene rings is 1. The third-order valence-electron chi connectivity index (χ3n) is 2.88. The van der Waals surface area contributed by atoms with Crippen molar-refractivity contribution in [2.45, 2.75) is 12.8 Å². The molecular weight excluding hydrogens is 236 g/mol. The molecule has 1 aromatic heterocycles. The molecule has 0 atom stereocenters. The maximum absolute atomic E-state index is 5.80. The van der Waals surface area contributed by atoms with Gasteiger partial charge in [-0.3, -0.25) is 0 Å². The molecule has 1 aliphatic heterocycles. The molecule has 86 valence electrons. The number of fused-ring (bicyclic) bond motifs is 1. The van der Waals surface area contributed by atoms with E-state index in [1.165, 1.54) is 17.6 Å². The smallest absolute Gasteiger partial charge is 0.234 e. The van der Waals surface area contributed by atoms with Crippen LogP contribution < -0.4 is 4.90 Å². The van der Waals surface area contributed by atoms with Crippen LogP contribution in [0.5, 0.6) is 0 Å². The second kappa shape index (κ2) is 4.30. The van der Waals surface area contributed by atoms with Gasteiger partial charge in [-0.15, -0.1) is 0 Å². The summed E-state index contributed by atoms with van der Waals surface area (Å²) in [5.74, 6) is 0.622. The van der Waals surface area contributed by atoms with E-state index in [0.29, 0.717) is 5.95 Å². The van der Waals surface area contributed by atoms with E-state index in [0.717, 1.165) is 19.4 Å². The van der Waals surface area contributed by atoms with E-state index in [4.69, 9.17) is 11.6 Å². The average molecular weight is 247 g/mol. The Morgan fingerprint density at radius 3 is 2.94 bits per heavy atom. The molecule has 2 heterocycles. The van der Waals surface area contributed by atoms with E-state index < -0.39 is 0 Å². The number of aromatic nitrogens is 3. The van der Waals surface area contributed by atoms with E-state index in [9.17, 15) is 0 Å². The van der Waals surface area contributed by atoms with Gasteiger partial charge in [0, 0.05) is 12.2 Å². The normalized spacial score (nSPS) is 14.5. The van der Waals surface area contributed by atoms with Crippen LogP contribution in [0, 0.1) is 0 Å². The van der Waals surface area contributed by atoms with Crippen LogP contribution in [-0.2, 0) is 6.42 Å². The van der Waals surface area contributed by atoms with Crippen molar-refractivity contribution in [3.05, 3.63) is 41.4 Å². The maximum atomic E-state index is 5.80. The molecule has 0 N–H and O–H groups in total. The molecule has 1 aliphatic rings. The Morgan fingerprint density at radius 2 is 2.06 bits per heavy atom. The molecule has 0 spiro atoms. The van der Waals surface area contributed by atoms with Gasteiger partial charge >= 0.3 is 0 Å².